The zero-order valence-corrected chi connectivity index (χ0v) is 19.6. The number of benzene rings is 1. The van der Waals surface area contributed by atoms with Crippen molar-refractivity contribution in [3.8, 4) is 5.75 Å². The molecule has 166 valence electrons. The summed E-state index contributed by atoms with van der Waals surface area (Å²) < 4.78 is 6.17. The van der Waals surface area contributed by atoms with Gasteiger partial charge in [0.15, 0.2) is 0 Å². The van der Waals surface area contributed by atoms with Gasteiger partial charge in [-0.2, -0.15) is 0 Å². The summed E-state index contributed by atoms with van der Waals surface area (Å²) >= 11 is 7.76. The normalized spacial score (nSPS) is 11.8. The van der Waals surface area contributed by atoms with Crippen LogP contribution in [0.5, 0.6) is 5.75 Å². The van der Waals surface area contributed by atoms with E-state index in [0.717, 1.165) is 38.3 Å². The summed E-state index contributed by atoms with van der Waals surface area (Å²) in [7, 11) is 3.33. The maximum atomic E-state index is 11.7. The summed E-state index contributed by atoms with van der Waals surface area (Å²) in [5, 5.41) is 3.99. The maximum Gasteiger partial charge on any atom is 0.230 e. The average Bonchev–Trinajstić information content (AvgIpc) is 2.80. The number of para-hydroxylation sites is 1. The molecule has 9 heteroatoms. The highest BCUT2D eigenvalue weighted by molar-refractivity contribution is 8.00. The Balaban J connectivity index is 1.96. The lowest BCUT2D eigenvalue weighted by Gasteiger charge is -2.15. The first-order valence-electron chi connectivity index (χ1n) is 9.82. The van der Waals surface area contributed by atoms with E-state index in [0.29, 0.717) is 10.8 Å². The van der Waals surface area contributed by atoms with Gasteiger partial charge in [0.2, 0.25) is 5.91 Å². The van der Waals surface area contributed by atoms with Crippen LogP contribution in [-0.2, 0) is 11.4 Å². The SMILES string of the molecule is CN=C(C=CN)c1cc(C)nc2c(OCc3c(Cl)cncc3SCC(=O)NC)cccc12. The number of amides is 1. The number of ether oxygens (including phenoxy) is 1. The monoisotopic (exact) mass is 469 g/mol. The van der Waals surface area contributed by atoms with Crippen molar-refractivity contribution >= 4 is 45.9 Å². The molecule has 0 saturated heterocycles. The van der Waals surface area contributed by atoms with E-state index in [9.17, 15) is 4.79 Å². The van der Waals surface area contributed by atoms with Gasteiger partial charge in [-0.25, -0.2) is 4.98 Å². The quantitative estimate of drug-likeness (QED) is 0.383. The molecule has 0 aliphatic heterocycles. The highest BCUT2D eigenvalue weighted by Gasteiger charge is 2.15. The van der Waals surface area contributed by atoms with Crippen LogP contribution in [0.25, 0.3) is 10.9 Å². The van der Waals surface area contributed by atoms with Crippen LogP contribution in [0.3, 0.4) is 0 Å². The lowest BCUT2D eigenvalue weighted by molar-refractivity contribution is -0.118. The van der Waals surface area contributed by atoms with Crippen molar-refractivity contribution in [1.29, 1.82) is 0 Å². The number of hydrogen-bond acceptors (Lipinski definition) is 7. The topological polar surface area (TPSA) is 102 Å². The molecule has 0 bridgehead atoms. The van der Waals surface area contributed by atoms with Crippen molar-refractivity contribution in [2.45, 2.75) is 18.4 Å². The number of halogens is 1. The minimum Gasteiger partial charge on any atom is -0.487 e. The average molecular weight is 470 g/mol. The lowest BCUT2D eigenvalue weighted by Crippen LogP contribution is -2.19. The van der Waals surface area contributed by atoms with Crippen molar-refractivity contribution in [3.63, 3.8) is 0 Å². The molecule has 0 spiro atoms. The number of aliphatic imine (C=N–C) groups is 1. The number of allylic oxidation sites excluding steroid dienone is 1. The van der Waals surface area contributed by atoms with Gasteiger partial charge in [-0.15, -0.1) is 11.8 Å². The summed E-state index contributed by atoms with van der Waals surface area (Å²) in [6.07, 6.45) is 6.48. The van der Waals surface area contributed by atoms with Crippen LogP contribution in [0.15, 0.2) is 58.8 Å². The zero-order valence-electron chi connectivity index (χ0n) is 18.1. The molecule has 0 aliphatic rings. The number of hydrogen-bond donors (Lipinski definition) is 2. The molecule has 2 heterocycles. The summed E-state index contributed by atoms with van der Waals surface area (Å²) in [5.41, 5.74) is 9.60. The third-order valence-corrected chi connectivity index (χ3v) is 6.07. The van der Waals surface area contributed by atoms with Crippen LogP contribution >= 0.6 is 23.4 Å². The van der Waals surface area contributed by atoms with E-state index in [1.165, 1.54) is 18.0 Å². The van der Waals surface area contributed by atoms with Gasteiger partial charge in [0.25, 0.3) is 0 Å². The zero-order chi connectivity index (χ0) is 23.1. The summed E-state index contributed by atoms with van der Waals surface area (Å²) in [6.45, 7) is 2.13. The molecule has 2 aromatic heterocycles. The number of pyridine rings is 2. The number of carbonyl (C=O) groups excluding carboxylic acids is 1. The minimum absolute atomic E-state index is 0.0805. The fourth-order valence-electron chi connectivity index (χ4n) is 3.13. The van der Waals surface area contributed by atoms with Crippen LogP contribution in [-0.4, -0.2) is 41.4 Å². The van der Waals surface area contributed by atoms with E-state index in [4.69, 9.17) is 27.1 Å². The fourth-order valence-corrected chi connectivity index (χ4v) is 4.31. The number of aryl methyl sites for hydroxylation is 1. The number of carbonyl (C=O) groups is 1. The Hall–Kier alpha value is -3.10. The molecule has 3 N–H and O–H groups in total. The summed E-state index contributed by atoms with van der Waals surface area (Å²) in [4.78, 5) is 25.6. The third kappa shape index (κ3) is 5.38. The van der Waals surface area contributed by atoms with E-state index in [1.54, 1.807) is 32.6 Å². The number of nitrogens with one attached hydrogen (secondary N) is 1. The number of aromatic nitrogens is 2. The Bertz CT molecular complexity index is 1200. The number of nitrogens with zero attached hydrogens (tertiary/aromatic N) is 3. The Kier molecular flexibility index (Phi) is 8.08. The van der Waals surface area contributed by atoms with Gasteiger partial charge in [-0.05, 0) is 31.3 Å². The first-order chi connectivity index (χ1) is 15.5. The number of fused-ring (bicyclic) bond motifs is 1. The second-order valence-corrected chi connectivity index (χ2v) is 8.20. The van der Waals surface area contributed by atoms with Crippen LogP contribution in [0.1, 0.15) is 16.8 Å². The van der Waals surface area contributed by atoms with Crippen molar-refractivity contribution in [1.82, 2.24) is 15.3 Å². The summed E-state index contributed by atoms with van der Waals surface area (Å²) in [5.74, 6) is 0.801. The van der Waals surface area contributed by atoms with Gasteiger partial charge in [0, 0.05) is 53.6 Å². The van der Waals surface area contributed by atoms with Gasteiger partial charge >= 0.3 is 0 Å². The lowest BCUT2D eigenvalue weighted by atomic mass is 10.0. The van der Waals surface area contributed by atoms with Crippen LogP contribution in [0.4, 0.5) is 0 Å². The highest BCUT2D eigenvalue weighted by atomic mass is 35.5. The van der Waals surface area contributed by atoms with E-state index >= 15 is 0 Å². The number of nitrogens with two attached hydrogens (primary N) is 1. The van der Waals surface area contributed by atoms with Crippen molar-refractivity contribution in [2.75, 3.05) is 19.8 Å². The number of thioether (sulfide) groups is 1. The van der Waals surface area contributed by atoms with E-state index in [2.05, 4.69) is 15.3 Å². The second kappa shape index (κ2) is 11.0. The molecule has 0 saturated carbocycles. The molecule has 7 nitrogen and oxygen atoms in total. The van der Waals surface area contributed by atoms with Crippen molar-refractivity contribution in [2.24, 2.45) is 10.7 Å². The predicted octanol–water partition coefficient (Wildman–Crippen LogP) is 3.90. The Morgan fingerprint density at radius 3 is 2.91 bits per heavy atom. The summed E-state index contributed by atoms with van der Waals surface area (Å²) in [6, 6.07) is 7.73. The maximum absolute atomic E-state index is 11.7. The molecular formula is C23H24ClN5O2S. The molecule has 0 atom stereocenters. The predicted molar refractivity (Wildman–Crippen MR) is 131 cm³/mol. The van der Waals surface area contributed by atoms with Crippen LogP contribution in [0.2, 0.25) is 5.02 Å². The first-order valence-corrected chi connectivity index (χ1v) is 11.2. The third-order valence-electron chi connectivity index (χ3n) is 4.68. The highest BCUT2D eigenvalue weighted by Crippen LogP contribution is 2.32. The standard InChI is InChI=1S/C23H24ClN5O2S/c1-14-9-16(19(26-2)7-8-25)15-5-4-6-20(23(15)29-14)31-12-17-18(24)10-28-11-21(17)32-13-22(30)27-3/h4-11H,12-13,25H2,1-3H3,(H,27,30). The van der Waals surface area contributed by atoms with Gasteiger partial charge in [-0.1, -0.05) is 23.7 Å². The van der Waals surface area contributed by atoms with Crippen molar-refractivity contribution < 1.29 is 9.53 Å². The second-order valence-electron chi connectivity index (χ2n) is 6.78. The van der Waals surface area contributed by atoms with Gasteiger partial charge in [0.1, 0.15) is 17.9 Å². The van der Waals surface area contributed by atoms with E-state index in [-0.39, 0.29) is 18.3 Å². The van der Waals surface area contributed by atoms with E-state index in [1.807, 2.05) is 31.2 Å². The molecule has 1 amide bonds. The number of rotatable bonds is 8. The van der Waals surface area contributed by atoms with Crippen molar-refractivity contribution in [3.05, 3.63) is 70.8 Å². The minimum atomic E-state index is -0.0805. The molecule has 0 aliphatic carbocycles. The smallest absolute Gasteiger partial charge is 0.230 e. The Morgan fingerprint density at radius 2 is 2.19 bits per heavy atom. The van der Waals surface area contributed by atoms with Crippen LogP contribution < -0.4 is 15.8 Å². The molecule has 32 heavy (non-hydrogen) atoms. The Morgan fingerprint density at radius 1 is 1.38 bits per heavy atom. The molecule has 0 fully saturated rings. The molecular weight excluding hydrogens is 446 g/mol. The molecule has 3 aromatic rings. The van der Waals surface area contributed by atoms with Gasteiger partial charge < -0.3 is 15.8 Å². The molecule has 0 radical (unpaired) electrons. The largest absolute Gasteiger partial charge is 0.487 e. The first kappa shape index (κ1) is 23.6. The van der Waals surface area contributed by atoms with Gasteiger partial charge in [0.05, 0.1) is 16.5 Å². The molecule has 1 aromatic carbocycles. The van der Waals surface area contributed by atoms with E-state index < -0.39 is 0 Å². The molecule has 3 rings (SSSR count). The molecule has 0 unspecified atom stereocenters. The van der Waals surface area contributed by atoms with Gasteiger partial charge in [-0.3, -0.25) is 14.8 Å². The van der Waals surface area contributed by atoms with Crippen LogP contribution in [0, 0.1) is 6.92 Å². The Labute approximate surface area is 196 Å². The fraction of sp³-hybridized carbons (Fsp3) is 0.217.